The van der Waals surface area contributed by atoms with E-state index >= 15 is 0 Å². The molecule has 0 fully saturated rings. The summed E-state index contributed by atoms with van der Waals surface area (Å²) in [5.41, 5.74) is 4.39. The van der Waals surface area contributed by atoms with Crippen LogP contribution in [-0.4, -0.2) is 13.1 Å². The van der Waals surface area contributed by atoms with Crippen LogP contribution in [0.1, 0.15) is 22.6 Å². The first kappa shape index (κ1) is 13.3. The third-order valence-corrected chi connectivity index (χ3v) is 3.55. The Balaban J connectivity index is 0.00000120. The van der Waals surface area contributed by atoms with Crippen LogP contribution in [0.2, 0.25) is 0 Å². The molecular formula is C16H18BrN. The van der Waals surface area contributed by atoms with E-state index in [1.54, 1.807) is 0 Å². The summed E-state index contributed by atoms with van der Waals surface area (Å²) >= 11 is 0. The molecule has 0 saturated heterocycles. The number of halogens is 1. The highest BCUT2D eigenvalue weighted by molar-refractivity contribution is 8.93. The van der Waals surface area contributed by atoms with E-state index < -0.39 is 0 Å². The SMILES string of the molecule is Br.c1ccc(C2CNCCc3ccccc32)cc1. The molecule has 0 amide bonds. The Kier molecular flexibility index (Phi) is 4.56. The monoisotopic (exact) mass is 303 g/mol. The minimum absolute atomic E-state index is 0. The van der Waals surface area contributed by atoms with Crippen molar-refractivity contribution >= 4 is 17.0 Å². The van der Waals surface area contributed by atoms with Gasteiger partial charge in [-0.05, 0) is 29.7 Å². The van der Waals surface area contributed by atoms with Crippen molar-refractivity contribution in [1.82, 2.24) is 5.32 Å². The molecule has 2 aromatic rings. The standard InChI is InChI=1S/C16H17N.BrH/c1-2-6-13(7-3-1)16-12-17-11-10-14-8-4-5-9-15(14)16;/h1-9,16-17H,10-12H2;1H. The zero-order valence-corrected chi connectivity index (χ0v) is 12.0. The van der Waals surface area contributed by atoms with Crippen LogP contribution in [0.25, 0.3) is 0 Å². The van der Waals surface area contributed by atoms with Gasteiger partial charge in [0.25, 0.3) is 0 Å². The largest absolute Gasteiger partial charge is 0.315 e. The van der Waals surface area contributed by atoms with Crippen LogP contribution in [0.15, 0.2) is 54.6 Å². The lowest BCUT2D eigenvalue weighted by Gasteiger charge is -2.17. The van der Waals surface area contributed by atoms with Gasteiger partial charge in [-0.1, -0.05) is 54.6 Å². The molecule has 0 radical (unpaired) electrons. The van der Waals surface area contributed by atoms with Gasteiger partial charge in [0.1, 0.15) is 0 Å². The molecule has 3 rings (SSSR count). The summed E-state index contributed by atoms with van der Waals surface area (Å²) in [7, 11) is 0. The highest BCUT2D eigenvalue weighted by Crippen LogP contribution is 2.28. The summed E-state index contributed by atoms with van der Waals surface area (Å²) in [6, 6.07) is 19.6. The van der Waals surface area contributed by atoms with Crippen LogP contribution in [0.5, 0.6) is 0 Å². The smallest absolute Gasteiger partial charge is 0.0217 e. The van der Waals surface area contributed by atoms with Gasteiger partial charge in [-0.15, -0.1) is 17.0 Å². The maximum Gasteiger partial charge on any atom is 0.0217 e. The molecule has 1 nitrogen and oxygen atoms in total. The van der Waals surface area contributed by atoms with E-state index in [0.717, 1.165) is 19.5 Å². The van der Waals surface area contributed by atoms with Crippen molar-refractivity contribution in [3.05, 3.63) is 71.3 Å². The molecule has 1 aliphatic rings. The second-order valence-electron chi connectivity index (χ2n) is 4.62. The molecule has 1 atom stereocenters. The Morgan fingerprint density at radius 1 is 0.889 bits per heavy atom. The zero-order valence-electron chi connectivity index (χ0n) is 10.3. The van der Waals surface area contributed by atoms with Crippen LogP contribution >= 0.6 is 17.0 Å². The lowest BCUT2D eigenvalue weighted by molar-refractivity contribution is 0.665. The second-order valence-corrected chi connectivity index (χ2v) is 4.62. The summed E-state index contributed by atoms with van der Waals surface area (Å²) in [6.45, 7) is 2.13. The topological polar surface area (TPSA) is 12.0 Å². The molecule has 1 unspecified atom stereocenters. The molecule has 1 heterocycles. The van der Waals surface area contributed by atoms with E-state index in [-0.39, 0.29) is 17.0 Å². The first-order valence-electron chi connectivity index (χ1n) is 6.28. The quantitative estimate of drug-likeness (QED) is 0.850. The van der Waals surface area contributed by atoms with E-state index in [1.807, 2.05) is 0 Å². The van der Waals surface area contributed by atoms with Gasteiger partial charge in [-0.2, -0.15) is 0 Å². The number of nitrogens with one attached hydrogen (secondary N) is 1. The summed E-state index contributed by atoms with van der Waals surface area (Å²) in [4.78, 5) is 0. The maximum absolute atomic E-state index is 3.54. The van der Waals surface area contributed by atoms with Crippen molar-refractivity contribution in [2.75, 3.05) is 13.1 Å². The summed E-state index contributed by atoms with van der Waals surface area (Å²) < 4.78 is 0. The van der Waals surface area contributed by atoms with Crippen molar-refractivity contribution in [2.45, 2.75) is 12.3 Å². The fourth-order valence-electron chi connectivity index (χ4n) is 2.66. The Labute approximate surface area is 119 Å². The van der Waals surface area contributed by atoms with Crippen molar-refractivity contribution in [3.63, 3.8) is 0 Å². The average molecular weight is 304 g/mol. The van der Waals surface area contributed by atoms with Gasteiger partial charge in [0.05, 0.1) is 0 Å². The Bertz CT molecular complexity index is 495. The van der Waals surface area contributed by atoms with Crippen LogP contribution < -0.4 is 5.32 Å². The minimum atomic E-state index is 0. The number of hydrogen-bond acceptors (Lipinski definition) is 1. The van der Waals surface area contributed by atoms with Crippen LogP contribution in [0, 0.1) is 0 Å². The maximum atomic E-state index is 3.54. The highest BCUT2D eigenvalue weighted by Gasteiger charge is 2.19. The van der Waals surface area contributed by atoms with Crippen LogP contribution in [0.3, 0.4) is 0 Å². The zero-order chi connectivity index (χ0) is 11.5. The van der Waals surface area contributed by atoms with Gasteiger partial charge >= 0.3 is 0 Å². The Morgan fingerprint density at radius 2 is 1.61 bits per heavy atom. The van der Waals surface area contributed by atoms with Crippen LogP contribution in [0.4, 0.5) is 0 Å². The molecule has 2 heteroatoms. The van der Waals surface area contributed by atoms with Crippen molar-refractivity contribution in [3.8, 4) is 0 Å². The van der Waals surface area contributed by atoms with E-state index in [9.17, 15) is 0 Å². The van der Waals surface area contributed by atoms with Crippen molar-refractivity contribution in [1.29, 1.82) is 0 Å². The van der Waals surface area contributed by atoms with Gasteiger partial charge < -0.3 is 5.32 Å². The molecule has 2 aromatic carbocycles. The number of benzene rings is 2. The first-order valence-corrected chi connectivity index (χ1v) is 6.28. The van der Waals surface area contributed by atoms with E-state index in [1.165, 1.54) is 16.7 Å². The molecular weight excluding hydrogens is 286 g/mol. The van der Waals surface area contributed by atoms with Crippen molar-refractivity contribution in [2.24, 2.45) is 0 Å². The fourth-order valence-corrected chi connectivity index (χ4v) is 2.66. The summed E-state index contributed by atoms with van der Waals surface area (Å²) in [5, 5.41) is 3.54. The molecule has 0 aliphatic carbocycles. The number of fused-ring (bicyclic) bond motifs is 1. The molecule has 0 bridgehead atoms. The number of hydrogen-bond donors (Lipinski definition) is 1. The average Bonchev–Trinajstić information content (AvgIpc) is 2.62. The van der Waals surface area contributed by atoms with Crippen LogP contribution in [-0.2, 0) is 6.42 Å². The van der Waals surface area contributed by atoms with Crippen molar-refractivity contribution < 1.29 is 0 Å². The minimum Gasteiger partial charge on any atom is -0.315 e. The Hall–Kier alpha value is -1.12. The predicted molar refractivity (Wildman–Crippen MR) is 81.6 cm³/mol. The second kappa shape index (κ2) is 6.17. The molecule has 0 saturated carbocycles. The van der Waals surface area contributed by atoms with E-state index in [0.29, 0.717) is 5.92 Å². The highest BCUT2D eigenvalue weighted by atomic mass is 79.9. The van der Waals surface area contributed by atoms with E-state index in [2.05, 4.69) is 59.9 Å². The third-order valence-electron chi connectivity index (χ3n) is 3.55. The van der Waals surface area contributed by atoms with E-state index in [4.69, 9.17) is 0 Å². The first-order chi connectivity index (χ1) is 8.45. The normalized spacial score (nSPS) is 18.3. The van der Waals surface area contributed by atoms with Gasteiger partial charge in [-0.3, -0.25) is 0 Å². The van der Waals surface area contributed by atoms with Gasteiger partial charge in [0.15, 0.2) is 0 Å². The molecule has 0 spiro atoms. The fraction of sp³-hybridized carbons (Fsp3) is 0.250. The van der Waals surface area contributed by atoms with Gasteiger partial charge in [-0.25, -0.2) is 0 Å². The molecule has 94 valence electrons. The molecule has 0 aromatic heterocycles. The number of rotatable bonds is 1. The predicted octanol–water partition coefficient (Wildman–Crippen LogP) is 3.54. The van der Waals surface area contributed by atoms with Gasteiger partial charge in [0.2, 0.25) is 0 Å². The van der Waals surface area contributed by atoms with Gasteiger partial charge in [0, 0.05) is 12.5 Å². The molecule has 18 heavy (non-hydrogen) atoms. The summed E-state index contributed by atoms with van der Waals surface area (Å²) in [6.07, 6.45) is 1.14. The lowest BCUT2D eigenvalue weighted by Crippen LogP contribution is -2.20. The third kappa shape index (κ3) is 2.65. The lowest BCUT2D eigenvalue weighted by atomic mass is 9.88. The molecule has 1 aliphatic heterocycles. The Morgan fingerprint density at radius 3 is 2.44 bits per heavy atom. The molecule has 1 N–H and O–H groups in total. The summed E-state index contributed by atoms with van der Waals surface area (Å²) in [5.74, 6) is 0.495.